The van der Waals surface area contributed by atoms with E-state index in [4.69, 9.17) is 32.7 Å². The van der Waals surface area contributed by atoms with Crippen LogP contribution in [-0.2, 0) is 12.8 Å². The molecule has 230 valence electrons. The Bertz CT molecular complexity index is 2010. The molecule has 0 N–H and O–H groups in total. The summed E-state index contributed by atoms with van der Waals surface area (Å²) < 4.78 is 52.8. The molecule has 0 amide bonds. The van der Waals surface area contributed by atoms with Crippen molar-refractivity contribution < 1.29 is 27.6 Å². The Labute approximate surface area is 263 Å². The monoisotopic (exact) mass is 656 g/mol. The summed E-state index contributed by atoms with van der Waals surface area (Å²) in [5.74, 6) is -0.320. The smallest absolute Gasteiger partial charge is 0.416 e. The number of para-hydroxylation sites is 1. The lowest BCUT2D eigenvalue weighted by Gasteiger charge is -2.14. The maximum Gasteiger partial charge on any atom is 0.416 e. The molecule has 9 nitrogen and oxygen atoms in total. The highest BCUT2D eigenvalue weighted by molar-refractivity contribution is 6.35. The number of nitrogens with zero attached hydrogens (tertiary/aromatic N) is 4. The van der Waals surface area contributed by atoms with Crippen molar-refractivity contribution in [1.82, 2.24) is 9.66 Å². The van der Waals surface area contributed by atoms with Crippen molar-refractivity contribution >= 4 is 46.0 Å². The summed E-state index contributed by atoms with van der Waals surface area (Å²) in [7, 11) is 0. The van der Waals surface area contributed by atoms with Crippen LogP contribution in [0.2, 0.25) is 10.0 Å². The summed E-state index contributed by atoms with van der Waals surface area (Å²) in [4.78, 5) is 29.4. The van der Waals surface area contributed by atoms with Gasteiger partial charge in [0.1, 0.15) is 6.61 Å². The van der Waals surface area contributed by atoms with Crippen molar-refractivity contribution in [2.75, 3.05) is 6.61 Å². The Morgan fingerprint density at radius 2 is 1.80 bits per heavy atom. The molecular weight excluding hydrogens is 636 g/mol. The van der Waals surface area contributed by atoms with Gasteiger partial charge >= 0.3 is 11.9 Å². The lowest BCUT2D eigenvalue weighted by molar-refractivity contribution is -0.386. The standard InChI is InChI=1S/C31H21Cl2F3N4O5/c1-2-44-27-13-18(12-26(40(42)43)28(27)45-17-20-10-11-22(32)15-24(20)33)16-37-39-29(19-6-5-7-21(14-19)31(34,35)36)38-25-9-4-3-8-23(25)30(39)41/h3-16H,2,17H2,1H3. The van der Waals surface area contributed by atoms with E-state index in [1.807, 2.05) is 0 Å². The zero-order chi connectivity index (χ0) is 32.3. The summed E-state index contributed by atoms with van der Waals surface area (Å²) in [5.41, 5.74) is -1.18. The van der Waals surface area contributed by atoms with E-state index in [2.05, 4.69) is 10.1 Å². The third kappa shape index (κ3) is 6.92. The summed E-state index contributed by atoms with van der Waals surface area (Å²) in [6.45, 7) is 1.67. The summed E-state index contributed by atoms with van der Waals surface area (Å²) in [6, 6.07) is 17.9. The normalized spacial score (nSPS) is 11.7. The average Bonchev–Trinajstić information content (AvgIpc) is 3.00. The first kappa shape index (κ1) is 31.5. The number of hydrogen-bond donors (Lipinski definition) is 0. The second-order valence-electron chi connectivity index (χ2n) is 9.47. The van der Waals surface area contributed by atoms with E-state index >= 15 is 0 Å². The molecule has 45 heavy (non-hydrogen) atoms. The third-order valence-corrected chi connectivity index (χ3v) is 7.05. The fourth-order valence-corrected chi connectivity index (χ4v) is 4.85. The number of alkyl halides is 3. The number of nitro benzene ring substituents is 1. The van der Waals surface area contributed by atoms with Gasteiger partial charge in [-0.1, -0.05) is 53.5 Å². The fraction of sp³-hybridized carbons (Fsp3) is 0.129. The van der Waals surface area contributed by atoms with Crippen LogP contribution in [0.4, 0.5) is 18.9 Å². The quantitative estimate of drug-likeness (QED) is 0.0899. The molecular formula is C31H21Cl2F3N4O5. The van der Waals surface area contributed by atoms with Gasteiger partial charge in [-0.2, -0.15) is 22.9 Å². The molecule has 0 unspecified atom stereocenters. The van der Waals surface area contributed by atoms with Gasteiger partial charge in [-0.05, 0) is 49.4 Å². The minimum absolute atomic E-state index is 0.0142. The molecule has 5 aromatic rings. The van der Waals surface area contributed by atoms with Crippen LogP contribution in [0.1, 0.15) is 23.6 Å². The Morgan fingerprint density at radius 1 is 1.02 bits per heavy atom. The minimum atomic E-state index is -4.64. The largest absolute Gasteiger partial charge is 0.490 e. The minimum Gasteiger partial charge on any atom is -0.490 e. The van der Waals surface area contributed by atoms with E-state index in [-0.39, 0.29) is 52.6 Å². The topological polar surface area (TPSA) is 109 Å². The molecule has 0 saturated carbocycles. The Morgan fingerprint density at radius 3 is 2.51 bits per heavy atom. The van der Waals surface area contributed by atoms with Crippen LogP contribution < -0.4 is 15.0 Å². The molecule has 0 aliphatic carbocycles. The number of fused-ring (bicyclic) bond motifs is 1. The van der Waals surface area contributed by atoms with E-state index in [9.17, 15) is 28.1 Å². The summed E-state index contributed by atoms with van der Waals surface area (Å²) >= 11 is 12.2. The second kappa shape index (κ2) is 13.0. The lowest BCUT2D eigenvalue weighted by Crippen LogP contribution is -2.20. The van der Waals surface area contributed by atoms with E-state index < -0.39 is 27.9 Å². The van der Waals surface area contributed by atoms with E-state index in [1.165, 1.54) is 30.3 Å². The van der Waals surface area contributed by atoms with Crippen LogP contribution in [0, 0.1) is 10.1 Å². The van der Waals surface area contributed by atoms with Gasteiger partial charge in [0.05, 0.1) is 34.2 Å². The van der Waals surface area contributed by atoms with Crippen LogP contribution in [0.3, 0.4) is 0 Å². The maximum absolute atomic E-state index is 13.5. The van der Waals surface area contributed by atoms with Crippen LogP contribution in [-0.4, -0.2) is 27.4 Å². The highest BCUT2D eigenvalue weighted by Gasteiger charge is 2.31. The molecule has 0 spiro atoms. The molecule has 0 radical (unpaired) electrons. The number of halogens is 5. The third-order valence-electron chi connectivity index (χ3n) is 6.47. The van der Waals surface area contributed by atoms with Crippen molar-refractivity contribution in [2.45, 2.75) is 19.7 Å². The molecule has 1 heterocycles. The van der Waals surface area contributed by atoms with Crippen LogP contribution in [0.15, 0.2) is 88.8 Å². The van der Waals surface area contributed by atoms with Crippen LogP contribution in [0.25, 0.3) is 22.3 Å². The molecule has 1 aromatic heterocycles. The summed E-state index contributed by atoms with van der Waals surface area (Å²) in [5, 5.41) is 17.2. The number of nitro groups is 1. The fourth-order valence-electron chi connectivity index (χ4n) is 4.39. The molecule has 5 rings (SSSR count). The first-order valence-corrected chi connectivity index (χ1v) is 14.0. The number of ether oxygens (including phenoxy) is 2. The number of aromatic nitrogens is 2. The van der Waals surface area contributed by atoms with Crippen LogP contribution in [0.5, 0.6) is 11.5 Å². The average molecular weight is 657 g/mol. The molecule has 0 atom stereocenters. The Hall–Kier alpha value is -4.94. The number of rotatable bonds is 9. The van der Waals surface area contributed by atoms with Gasteiger partial charge in [0.25, 0.3) is 5.56 Å². The lowest BCUT2D eigenvalue weighted by atomic mass is 10.1. The molecule has 0 aliphatic rings. The second-order valence-corrected chi connectivity index (χ2v) is 10.3. The maximum atomic E-state index is 13.5. The number of hydrogen-bond acceptors (Lipinski definition) is 7. The zero-order valence-electron chi connectivity index (χ0n) is 23.2. The molecule has 14 heteroatoms. The van der Waals surface area contributed by atoms with Crippen molar-refractivity contribution in [2.24, 2.45) is 5.10 Å². The molecule has 0 bridgehead atoms. The van der Waals surface area contributed by atoms with Crippen molar-refractivity contribution in [3.8, 4) is 22.9 Å². The summed E-state index contributed by atoms with van der Waals surface area (Å²) in [6.07, 6.45) is -3.50. The van der Waals surface area contributed by atoms with Gasteiger partial charge < -0.3 is 9.47 Å². The van der Waals surface area contributed by atoms with E-state index in [1.54, 1.807) is 37.3 Å². The van der Waals surface area contributed by atoms with Crippen molar-refractivity contribution in [3.05, 3.63) is 126 Å². The van der Waals surface area contributed by atoms with Gasteiger partial charge in [0.2, 0.25) is 5.75 Å². The van der Waals surface area contributed by atoms with E-state index in [0.717, 1.165) is 29.1 Å². The highest BCUT2D eigenvalue weighted by Crippen LogP contribution is 2.39. The van der Waals surface area contributed by atoms with Crippen molar-refractivity contribution in [1.29, 1.82) is 0 Å². The van der Waals surface area contributed by atoms with Gasteiger partial charge in [0, 0.05) is 32.8 Å². The van der Waals surface area contributed by atoms with Gasteiger partial charge in [-0.3, -0.25) is 14.9 Å². The van der Waals surface area contributed by atoms with Gasteiger partial charge in [0.15, 0.2) is 11.6 Å². The first-order valence-electron chi connectivity index (χ1n) is 13.2. The first-order chi connectivity index (χ1) is 21.5. The molecule has 4 aromatic carbocycles. The van der Waals surface area contributed by atoms with Crippen LogP contribution >= 0.6 is 23.2 Å². The SMILES string of the molecule is CCOc1cc(C=Nn2c(-c3cccc(C(F)(F)F)c3)nc3ccccc3c2=O)cc([N+](=O)[O-])c1OCc1ccc(Cl)cc1Cl. The molecule has 0 saturated heterocycles. The van der Waals surface area contributed by atoms with Gasteiger partial charge in [-0.25, -0.2) is 4.98 Å². The van der Waals surface area contributed by atoms with Crippen molar-refractivity contribution in [3.63, 3.8) is 0 Å². The van der Waals surface area contributed by atoms with Gasteiger partial charge in [-0.15, -0.1) is 0 Å². The highest BCUT2D eigenvalue weighted by atomic mass is 35.5. The zero-order valence-corrected chi connectivity index (χ0v) is 24.7. The predicted octanol–water partition coefficient (Wildman–Crippen LogP) is 8.16. The Balaban J connectivity index is 1.61. The molecule has 0 aliphatic heterocycles. The Kier molecular flexibility index (Phi) is 9.07. The van der Waals surface area contributed by atoms with E-state index in [0.29, 0.717) is 15.6 Å². The molecule has 0 fully saturated rings. The predicted molar refractivity (Wildman–Crippen MR) is 164 cm³/mol. The number of benzene rings is 4.